The van der Waals surface area contributed by atoms with E-state index in [4.69, 9.17) is 0 Å². The Morgan fingerprint density at radius 2 is 2.10 bits per heavy atom. The van der Waals surface area contributed by atoms with Crippen LogP contribution in [-0.2, 0) is 22.5 Å². The molecule has 1 rings (SSSR count). The number of rotatable bonds is 7. The average Bonchev–Trinajstić information content (AvgIpc) is 2.80. The van der Waals surface area contributed by atoms with Crippen LogP contribution in [0.5, 0.6) is 0 Å². The minimum atomic E-state index is -0.534. The van der Waals surface area contributed by atoms with E-state index in [1.165, 1.54) is 11.8 Å². The standard InChI is InChI=1S/C13H22N4O3/c1-5-10-12(13(19)20-4)15-16-17(10)8-11(18)14-7-6-9(2)3/h9H,5-8H2,1-4H3,(H,14,18). The van der Waals surface area contributed by atoms with Crippen LogP contribution in [0, 0.1) is 5.92 Å². The molecule has 0 radical (unpaired) electrons. The Hall–Kier alpha value is -1.92. The normalized spacial score (nSPS) is 10.7. The van der Waals surface area contributed by atoms with Gasteiger partial charge in [-0.05, 0) is 18.8 Å². The van der Waals surface area contributed by atoms with Gasteiger partial charge in [-0.15, -0.1) is 5.10 Å². The van der Waals surface area contributed by atoms with E-state index in [-0.39, 0.29) is 18.1 Å². The summed E-state index contributed by atoms with van der Waals surface area (Å²) < 4.78 is 6.07. The number of ether oxygens (including phenoxy) is 1. The van der Waals surface area contributed by atoms with Crippen molar-refractivity contribution in [2.75, 3.05) is 13.7 Å². The highest BCUT2D eigenvalue weighted by atomic mass is 16.5. The number of nitrogens with one attached hydrogen (secondary N) is 1. The predicted molar refractivity (Wildman–Crippen MR) is 73.2 cm³/mol. The lowest BCUT2D eigenvalue weighted by atomic mass is 10.1. The zero-order chi connectivity index (χ0) is 15.1. The Bertz CT molecular complexity index is 468. The van der Waals surface area contributed by atoms with Crippen molar-refractivity contribution >= 4 is 11.9 Å². The lowest BCUT2D eigenvalue weighted by Gasteiger charge is -2.08. The first kappa shape index (κ1) is 16.1. The Kier molecular flexibility index (Phi) is 6.14. The second kappa shape index (κ2) is 7.62. The number of hydrogen-bond donors (Lipinski definition) is 1. The highest BCUT2D eigenvalue weighted by Gasteiger charge is 2.19. The van der Waals surface area contributed by atoms with Crippen molar-refractivity contribution in [1.82, 2.24) is 20.3 Å². The summed E-state index contributed by atoms with van der Waals surface area (Å²) in [6.07, 6.45) is 1.48. The number of amides is 1. The number of methoxy groups -OCH3 is 1. The van der Waals surface area contributed by atoms with Crippen molar-refractivity contribution in [3.05, 3.63) is 11.4 Å². The van der Waals surface area contributed by atoms with Gasteiger partial charge >= 0.3 is 5.97 Å². The van der Waals surface area contributed by atoms with Gasteiger partial charge in [0.25, 0.3) is 0 Å². The Morgan fingerprint density at radius 3 is 2.65 bits per heavy atom. The van der Waals surface area contributed by atoms with Crippen LogP contribution in [-0.4, -0.2) is 40.5 Å². The summed E-state index contributed by atoms with van der Waals surface area (Å²) in [5.74, 6) is -0.131. The van der Waals surface area contributed by atoms with Crippen LogP contribution in [0.1, 0.15) is 43.4 Å². The van der Waals surface area contributed by atoms with Gasteiger partial charge in [-0.2, -0.15) is 0 Å². The number of carbonyl (C=O) groups excluding carboxylic acids is 2. The Labute approximate surface area is 118 Å². The highest BCUT2D eigenvalue weighted by Crippen LogP contribution is 2.07. The van der Waals surface area contributed by atoms with Crippen LogP contribution >= 0.6 is 0 Å². The number of esters is 1. The van der Waals surface area contributed by atoms with Gasteiger partial charge in [-0.1, -0.05) is 26.0 Å². The van der Waals surface area contributed by atoms with Gasteiger partial charge in [0.15, 0.2) is 5.69 Å². The average molecular weight is 282 g/mol. The molecule has 0 aliphatic carbocycles. The van der Waals surface area contributed by atoms with Crippen LogP contribution in [0.25, 0.3) is 0 Å². The van der Waals surface area contributed by atoms with Gasteiger partial charge in [0.1, 0.15) is 6.54 Å². The van der Waals surface area contributed by atoms with E-state index in [0.29, 0.717) is 24.6 Å². The largest absolute Gasteiger partial charge is 0.464 e. The van der Waals surface area contributed by atoms with E-state index in [1.54, 1.807) is 0 Å². The van der Waals surface area contributed by atoms with Crippen LogP contribution in [0.4, 0.5) is 0 Å². The molecule has 1 heterocycles. The first-order valence-corrected chi connectivity index (χ1v) is 6.76. The second-order valence-electron chi connectivity index (χ2n) is 4.92. The molecule has 0 atom stereocenters. The maximum absolute atomic E-state index is 11.8. The molecule has 0 aliphatic rings. The summed E-state index contributed by atoms with van der Waals surface area (Å²) in [7, 11) is 1.29. The minimum absolute atomic E-state index is 0.0608. The lowest BCUT2D eigenvalue weighted by molar-refractivity contribution is -0.121. The predicted octanol–water partition coefficient (Wildman–Crippen LogP) is 0.789. The molecule has 7 nitrogen and oxygen atoms in total. The number of aromatic nitrogens is 3. The van der Waals surface area contributed by atoms with Gasteiger partial charge in [-0.3, -0.25) is 4.79 Å². The van der Waals surface area contributed by atoms with E-state index < -0.39 is 5.97 Å². The summed E-state index contributed by atoms with van der Waals surface area (Å²) in [6, 6.07) is 0. The molecular weight excluding hydrogens is 260 g/mol. The second-order valence-corrected chi connectivity index (χ2v) is 4.92. The van der Waals surface area contributed by atoms with E-state index in [9.17, 15) is 9.59 Å². The van der Waals surface area contributed by atoms with E-state index in [1.807, 2.05) is 6.92 Å². The summed E-state index contributed by atoms with van der Waals surface area (Å²) in [4.78, 5) is 23.3. The molecule has 0 aromatic carbocycles. The Morgan fingerprint density at radius 1 is 1.40 bits per heavy atom. The smallest absolute Gasteiger partial charge is 0.360 e. The van der Waals surface area contributed by atoms with Crippen molar-refractivity contribution in [1.29, 1.82) is 0 Å². The quantitative estimate of drug-likeness (QED) is 0.747. The Balaban J connectivity index is 2.66. The number of nitrogens with zero attached hydrogens (tertiary/aromatic N) is 3. The van der Waals surface area contributed by atoms with Crippen molar-refractivity contribution < 1.29 is 14.3 Å². The molecule has 7 heteroatoms. The molecule has 0 unspecified atom stereocenters. The maximum atomic E-state index is 11.8. The van der Waals surface area contributed by atoms with Gasteiger partial charge in [-0.25, -0.2) is 9.48 Å². The third kappa shape index (κ3) is 4.32. The van der Waals surface area contributed by atoms with Gasteiger partial charge in [0, 0.05) is 6.54 Å². The minimum Gasteiger partial charge on any atom is -0.464 e. The van der Waals surface area contributed by atoms with Gasteiger partial charge in [0.2, 0.25) is 5.91 Å². The third-order valence-electron chi connectivity index (χ3n) is 2.89. The van der Waals surface area contributed by atoms with E-state index >= 15 is 0 Å². The molecule has 0 fully saturated rings. The first-order chi connectivity index (χ1) is 9.49. The van der Waals surface area contributed by atoms with Crippen LogP contribution in [0.3, 0.4) is 0 Å². The monoisotopic (exact) mass is 282 g/mol. The van der Waals surface area contributed by atoms with Gasteiger partial charge < -0.3 is 10.1 Å². The fourth-order valence-corrected chi connectivity index (χ4v) is 1.76. The zero-order valence-corrected chi connectivity index (χ0v) is 12.5. The molecule has 1 amide bonds. The summed E-state index contributed by atoms with van der Waals surface area (Å²) in [6.45, 7) is 6.77. The summed E-state index contributed by atoms with van der Waals surface area (Å²) in [5.41, 5.74) is 0.779. The zero-order valence-electron chi connectivity index (χ0n) is 12.5. The molecule has 1 aromatic rings. The molecule has 0 saturated heterocycles. The summed E-state index contributed by atoms with van der Waals surface area (Å²) >= 11 is 0. The van der Waals surface area contributed by atoms with Crippen molar-refractivity contribution in [3.63, 3.8) is 0 Å². The van der Waals surface area contributed by atoms with E-state index in [2.05, 4.69) is 34.2 Å². The van der Waals surface area contributed by atoms with Crippen molar-refractivity contribution in [2.24, 2.45) is 5.92 Å². The fraction of sp³-hybridized carbons (Fsp3) is 0.692. The first-order valence-electron chi connectivity index (χ1n) is 6.76. The molecule has 0 saturated carbocycles. The van der Waals surface area contributed by atoms with E-state index in [0.717, 1.165) is 6.42 Å². The van der Waals surface area contributed by atoms with Crippen LogP contribution < -0.4 is 5.32 Å². The number of hydrogen-bond acceptors (Lipinski definition) is 5. The van der Waals surface area contributed by atoms with Crippen molar-refractivity contribution in [3.8, 4) is 0 Å². The van der Waals surface area contributed by atoms with Crippen molar-refractivity contribution in [2.45, 2.75) is 40.2 Å². The molecule has 1 N–H and O–H groups in total. The summed E-state index contributed by atoms with van der Waals surface area (Å²) in [5, 5.41) is 10.4. The maximum Gasteiger partial charge on any atom is 0.360 e. The molecule has 0 aliphatic heterocycles. The number of carbonyl (C=O) groups is 2. The van der Waals surface area contributed by atoms with Gasteiger partial charge in [0.05, 0.1) is 12.8 Å². The highest BCUT2D eigenvalue weighted by molar-refractivity contribution is 5.88. The van der Waals surface area contributed by atoms with Crippen LogP contribution in [0.15, 0.2) is 0 Å². The molecule has 1 aromatic heterocycles. The molecule has 112 valence electrons. The lowest BCUT2D eigenvalue weighted by Crippen LogP contribution is -2.30. The molecule has 20 heavy (non-hydrogen) atoms. The topological polar surface area (TPSA) is 86.1 Å². The molecule has 0 bridgehead atoms. The third-order valence-corrected chi connectivity index (χ3v) is 2.89. The SMILES string of the molecule is CCc1c(C(=O)OC)nnn1CC(=O)NCCC(C)C. The fourth-order valence-electron chi connectivity index (χ4n) is 1.76. The van der Waals surface area contributed by atoms with Crippen LogP contribution in [0.2, 0.25) is 0 Å². The molecular formula is C13H22N4O3. The molecule has 0 spiro atoms.